The molecule has 2 saturated heterocycles. The summed E-state index contributed by atoms with van der Waals surface area (Å²) in [7, 11) is 0. The van der Waals surface area contributed by atoms with Gasteiger partial charge in [0.05, 0.1) is 23.2 Å². The molecule has 0 aromatic heterocycles. The molecule has 9 unspecified atom stereocenters. The minimum absolute atomic E-state index is 0.0424. The van der Waals surface area contributed by atoms with Gasteiger partial charge in [-0.3, -0.25) is 9.59 Å². The van der Waals surface area contributed by atoms with Gasteiger partial charge in [-0.25, -0.2) is 0 Å². The van der Waals surface area contributed by atoms with Gasteiger partial charge in [-0.2, -0.15) is 0 Å². The van der Waals surface area contributed by atoms with Crippen LogP contribution in [0.15, 0.2) is 12.2 Å². The van der Waals surface area contributed by atoms with E-state index in [0.29, 0.717) is 6.54 Å². The van der Waals surface area contributed by atoms with Crippen LogP contribution < -0.4 is 5.32 Å². The number of nitrogens with one attached hydrogen (secondary N) is 1. The number of allylic oxidation sites excluding steroid dienone is 2. The van der Waals surface area contributed by atoms with E-state index in [0.717, 1.165) is 12.8 Å². The van der Waals surface area contributed by atoms with E-state index in [2.05, 4.69) is 19.2 Å². The number of hydrogen-bond acceptors (Lipinski definition) is 6. The van der Waals surface area contributed by atoms with Crippen LogP contribution in [-0.4, -0.2) is 52.9 Å². The van der Waals surface area contributed by atoms with Crippen molar-refractivity contribution < 1.29 is 24.2 Å². The topological polar surface area (TPSA) is 94.8 Å². The molecule has 3 saturated carbocycles. The summed E-state index contributed by atoms with van der Waals surface area (Å²) in [4.78, 5) is 27.1. The third-order valence-corrected chi connectivity index (χ3v) is 8.88. The third kappa shape index (κ3) is 1.72. The van der Waals surface area contributed by atoms with Gasteiger partial charge in [-0.1, -0.05) is 19.9 Å². The summed E-state index contributed by atoms with van der Waals surface area (Å²) < 4.78 is 12.8. The maximum Gasteiger partial charge on any atom is 0.166 e. The predicted molar refractivity (Wildman–Crippen MR) is 99.1 cm³/mol. The molecule has 2 bridgehead atoms. The molecule has 2 heterocycles. The number of aliphatic hydroxyl groups excluding tert-OH is 1. The fourth-order valence-corrected chi connectivity index (χ4v) is 7.86. The zero-order valence-electron chi connectivity index (χ0n) is 16.9. The molecule has 6 aliphatic rings. The van der Waals surface area contributed by atoms with Crippen LogP contribution in [0.25, 0.3) is 0 Å². The van der Waals surface area contributed by atoms with E-state index in [1.807, 2.05) is 19.9 Å². The molecule has 6 nitrogen and oxygen atoms in total. The van der Waals surface area contributed by atoms with Crippen LogP contribution in [0.2, 0.25) is 0 Å². The summed E-state index contributed by atoms with van der Waals surface area (Å²) in [5, 5.41) is 15.0. The highest BCUT2D eigenvalue weighted by molar-refractivity contribution is 6.03. The molecule has 0 radical (unpaired) electrons. The Morgan fingerprint density at radius 2 is 1.71 bits per heavy atom. The molecule has 6 rings (SSSR count). The lowest BCUT2D eigenvalue weighted by atomic mass is 9.45. The van der Waals surface area contributed by atoms with E-state index in [-0.39, 0.29) is 46.8 Å². The second-order valence-electron chi connectivity index (χ2n) is 11.0. The SMILES string of the molecule is CC1(C)OC2C(O)C3C(C(=O)C=CC3(C)C)C3CCC4C(O1)C32C(=O)C41CN1. The average molecular weight is 387 g/mol. The smallest absolute Gasteiger partial charge is 0.166 e. The number of carbonyl (C=O) groups excluding carboxylic acids is 2. The van der Waals surface area contributed by atoms with Crippen LogP contribution in [0.4, 0.5) is 0 Å². The quantitative estimate of drug-likeness (QED) is 0.607. The minimum Gasteiger partial charge on any atom is -0.390 e. The Balaban J connectivity index is 1.60. The zero-order valence-corrected chi connectivity index (χ0v) is 16.9. The number of fused-ring (bicyclic) bond motifs is 3. The second-order valence-corrected chi connectivity index (χ2v) is 11.0. The van der Waals surface area contributed by atoms with Gasteiger partial charge in [0.25, 0.3) is 0 Å². The average Bonchev–Trinajstić information content (AvgIpc) is 3.39. The van der Waals surface area contributed by atoms with E-state index in [1.54, 1.807) is 6.08 Å². The second kappa shape index (κ2) is 4.80. The number of aliphatic hydroxyl groups is 1. The molecule has 0 aromatic carbocycles. The first-order chi connectivity index (χ1) is 13.1. The molecule has 2 N–H and O–H groups in total. The number of hydrogen-bond donors (Lipinski definition) is 2. The summed E-state index contributed by atoms with van der Waals surface area (Å²) in [6, 6.07) is 0. The molecular weight excluding hydrogens is 358 g/mol. The van der Waals surface area contributed by atoms with Crippen molar-refractivity contribution in [1.29, 1.82) is 0 Å². The molecule has 5 fully saturated rings. The molecule has 2 aliphatic heterocycles. The van der Waals surface area contributed by atoms with Gasteiger partial charge >= 0.3 is 0 Å². The number of ketones is 2. The first-order valence-electron chi connectivity index (χ1n) is 10.6. The predicted octanol–water partition coefficient (Wildman–Crippen LogP) is 1.22. The van der Waals surface area contributed by atoms with Crippen molar-refractivity contribution in [3.8, 4) is 0 Å². The van der Waals surface area contributed by atoms with Crippen LogP contribution in [0.3, 0.4) is 0 Å². The largest absolute Gasteiger partial charge is 0.390 e. The lowest BCUT2D eigenvalue weighted by Gasteiger charge is -2.64. The number of Topliss-reactive ketones (excluding diaryl/α,β-unsaturated/α-hetero) is 1. The van der Waals surface area contributed by atoms with Crippen molar-refractivity contribution in [1.82, 2.24) is 5.32 Å². The highest BCUT2D eigenvalue weighted by Gasteiger charge is 2.84. The molecule has 9 atom stereocenters. The fraction of sp³-hybridized carbons (Fsp3) is 0.818. The highest BCUT2D eigenvalue weighted by Crippen LogP contribution is 2.71. The first-order valence-corrected chi connectivity index (χ1v) is 10.6. The normalized spacial score (nSPS) is 57.1. The summed E-state index contributed by atoms with van der Waals surface area (Å²) in [5.41, 5.74) is -1.81. The molecule has 4 aliphatic carbocycles. The Morgan fingerprint density at radius 1 is 1.07 bits per heavy atom. The molecule has 28 heavy (non-hydrogen) atoms. The van der Waals surface area contributed by atoms with Crippen LogP contribution in [0.5, 0.6) is 0 Å². The number of ether oxygens (including phenoxy) is 2. The maximum atomic E-state index is 14.0. The zero-order chi connectivity index (χ0) is 19.9. The Labute approximate surface area is 165 Å². The van der Waals surface area contributed by atoms with E-state index in [4.69, 9.17) is 9.47 Å². The van der Waals surface area contributed by atoms with E-state index >= 15 is 0 Å². The Bertz CT molecular complexity index is 827. The van der Waals surface area contributed by atoms with Crippen LogP contribution >= 0.6 is 0 Å². The maximum absolute atomic E-state index is 14.0. The minimum atomic E-state index is -0.931. The van der Waals surface area contributed by atoms with Crippen molar-refractivity contribution in [2.45, 2.75) is 70.2 Å². The van der Waals surface area contributed by atoms with Crippen LogP contribution in [-0.2, 0) is 19.1 Å². The fourth-order valence-electron chi connectivity index (χ4n) is 7.86. The molecule has 152 valence electrons. The number of carbonyl (C=O) groups is 2. The van der Waals surface area contributed by atoms with Gasteiger partial charge < -0.3 is 19.9 Å². The lowest BCUT2D eigenvalue weighted by Crippen LogP contribution is -2.74. The molecule has 0 amide bonds. The van der Waals surface area contributed by atoms with Gasteiger partial charge in [0.2, 0.25) is 0 Å². The van der Waals surface area contributed by atoms with Crippen molar-refractivity contribution in [2.75, 3.05) is 6.54 Å². The Kier molecular flexibility index (Phi) is 3.04. The van der Waals surface area contributed by atoms with Crippen molar-refractivity contribution >= 4 is 11.6 Å². The van der Waals surface area contributed by atoms with Crippen LogP contribution in [0, 0.1) is 34.5 Å². The molecule has 2 spiro atoms. The third-order valence-electron chi connectivity index (χ3n) is 8.88. The van der Waals surface area contributed by atoms with Gasteiger partial charge in [0.1, 0.15) is 6.10 Å². The molecule has 0 aromatic rings. The first kappa shape index (κ1) is 17.8. The van der Waals surface area contributed by atoms with Crippen molar-refractivity contribution in [3.63, 3.8) is 0 Å². The van der Waals surface area contributed by atoms with Crippen LogP contribution in [0.1, 0.15) is 40.5 Å². The van der Waals surface area contributed by atoms with Gasteiger partial charge in [0, 0.05) is 24.3 Å². The highest BCUT2D eigenvalue weighted by atomic mass is 16.7. The Morgan fingerprint density at radius 3 is 2.39 bits per heavy atom. The van der Waals surface area contributed by atoms with Crippen molar-refractivity contribution in [3.05, 3.63) is 12.2 Å². The Hall–Kier alpha value is -1.08. The van der Waals surface area contributed by atoms with Gasteiger partial charge in [-0.15, -0.1) is 0 Å². The summed E-state index contributed by atoms with van der Waals surface area (Å²) in [6.45, 7) is 8.56. The van der Waals surface area contributed by atoms with E-state index in [9.17, 15) is 14.7 Å². The van der Waals surface area contributed by atoms with Gasteiger partial charge in [-0.05, 0) is 44.1 Å². The van der Waals surface area contributed by atoms with E-state index in [1.165, 1.54) is 0 Å². The summed E-state index contributed by atoms with van der Waals surface area (Å²) >= 11 is 0. The van der Waals surface area contributed by atoms with Gasteiger partial charge in [0.15, 0.2) is 17.4 Å². The van der Waals surface area contributed by atoms with E-state index < -0.39 is 28.9 Å². The monoisotopic (exact) mass is 387 g/mol. The lowest BCUT2D eigenvalue weighted by molar-refractivity contribution is -0.385. The standard InChI is InChI=1S/C22H29NO5/c1-19(2)8-7-12(24)13-10-5-6-11-16-22(10,18(26)21(11)9-23-21)17(15(25)14(13)19)28-20(3,4)27-16/h7-8,10-11,13-17,23,25H,5-6,9H2,1-4H3. The van der Waals surface area contributed by atoms with Crippen molar-refractivity contribution in [2.24, 2.45) is 34.5 Å². The molecular formula is C22H29NO5. The summed E-state index contributed by atoms with van der Waals surface area (Å²) in [6.07, 6.45) is 3.45. The molecule has 6 heteroatoms. The number of rotatable bonds is 0. The summed E-state index contributed by atoms with van der Waals surface area (Å²) in [5.74, 6) is -1.38.